The lowest BCUT2D eigenvalue weighted by atomic mass is 10.1. The van der Waals surface area contributed by atoms with E-state index in [4.69, 9.17) is 0 Å². The number of carbonyl (C=O) groups excluding carboxylic acids is 1. The number of amides is 1. The molecule has 1 amide bonds. The van der Waals surface area contributed by atoms with Crippen molar-refractivity contribution in [2.75, 3.05) is 11.9 Å². The van der Waals surface area contributed by atoms with Crippen LogP contribution in [0.2, 0.25) is 0 Å². The second-order valence-electron chi connectivity index (χ2n) is 4.50. The second kappa shape index (κ2) is 3.63. The lowest BCUT2D eigenvalue weighted by molar-refractivity contribution is 0.0581. The number of fused-ring (bicyclic) bond motifs is 2. The van der Waals surface area contributed by atoms with E-state index in [9.17, 15) is 15.0 Å². The Hall–Kier alpha value is -1.75. The molecule has 90 valence electrons. The van der Waals surface area contributed by atoms with Gasteiger partial charge in [0.15, 0.2) is 0 Å². The topological polar surface area (TPSA) is 72.8 Å². The summed E-state index contributed by atoms with van der Waals surface area (Å²) >= 11 is 0. The highest BCUT2D eigenvalue weighted by molar-refractivity contribution is 6.02. The lowest BCUT2D eigenvalue weighted by Gasteiger charge is -2.25. The van der Waals surface area contributed by atoms with Gasteiger partial charge in [-0.15, -0.1) is 0 Å². The third-order valence-electron chi connectivity index (χ3n) is 3.49. The number of para-hydroxylation sites is 1. The van der Waals surface area contributed by atoms with Crippen molar-refractivity contribution >= 4 is 11.6 Å². The number of nitrogens with one attached hydrogen (secondary N) is 1. The first kappa shape index (κ1) is 10.4. The van der Waals surface area contributed by atoms with Crippen molar-refractivity contribution in [1.29, 1.82) is 0 Å². The van der Waals surface area contributed by atoms with E-state index in [1.165, 1.54) is 6.07 Å². The van der Waals surface area contributed by atoms with Crippen molar-refractivity contribution in [3.05, 3.63) is 23.8 Å². The SMILES string of the molecule is O=C1c2cccc(O)c2NC(O)C2CCCN12. The first-order chi connectivity index (χ1) is 8.18. The molecule has 0 aliphatic carbocycles. The van der Waals surface area contributed by atoms with E-state index >= 15 is 0 Å². The number of carbonyl (C=O) groups is 1. The molecule has 3 N–H and O–H groups in total. The fourth-order valence-corrected chi connectivity index (χ4v) is 2.64. The van der Waals surface area contributed by atoms with E-state index in [0.717, 1.165) is 12.8 Å². The third kappa shape index (κ3) is 1.46. The van der Waals surface area contributed by atoms with Gasteiger partial charge in [0.1, 0.15) is 12.0 Å². The minimum Gasteiger partial charge on any atom is -0.506 e. The molecular weight excluding hydrogens is 220 g/mol. The van der Waals surface area contributed by atoms with Gasteiger partial charge in [-0.2, -0.15) is 0 Å². The zero-order chi connectivity index (χ0) is 12.0. The zero-order valence-electron chi connectivity index (χ0n) is 9.26. The van der Waals surface area contributed by atoms with E-state index in [-0.39, 0.29) is 17.7 Å². The average molecular weight is 234 g/mol. The number of phenolic OH excluding ortho intramolecular Hbond substituents is 1. The molecule has 0 saturated carbocycles. The van der Waals surface area contributed by atoms with Gasteiger partial charge < -0.3 is 20.4 Å². The lowest BCUT2D eigenvalue weighted by Crippen LogP contribution is -2.43. The smallest absolute Gasteiger partial charge is 0.256 e. The number of hydrogen-bond donors (Lipinski definition) is 3. The minimum absolute atomic E-state index is 0.00364. The quantitative estimate of drug-likeness (QED) is 0.579. The van der Waals surface area contributed by atoms with Crippen LogP contribution in [-0.2, 0) is 0 Å². The van der Waals surface area contributed by atoms with Crippen molar-refractivity contribution in [3.63, 3.8) is 0 Å². The molecule has 2 heterocycles. The average Bonchev–Trinajstić information content (AvgIpc) is 2.76. The van der Waals surface area contributed by atoms with Gasteiger partial charge in [-0.3, -0.25) is 4.79 Å². The summed E-state index contributed by atoms with van der Waals surface area (Å²) < 4.78 is 0. The summed E-state index contributed by atoms with van der Waals surface area (Å²) in [6, 6.07) is 4.60. The van der Waals surface area contributed by atoms with Crippen molar-refractivity contribution < 1.29 is 15.0 Å². The highest BCUT2D eigenvalue weighted by Gasteiger charge is 2.38. The molecule has 0 bridgehead atoms. The molecular formula is C12H14N2O3. The fourth-order valence-electron chi connectivity index (χ4n) is 2.64. The van der Waals surface area contributed by atoms with Crippen LogP contribution in [0.5, 0.6) is 5.75 Å². The molecule has 1 fully saturated rings. The van der Waals surface area contributed by atoms with Crippen molar-refractivity contribution in [2.24, 2.45) is 0 Å². The van der Waals surface area contributed by atoms with Crippen molar-refractivity contribution in [1.82, 2.24) is 4.90 Å². The van der Waals surface area contributed by atoms with E-state index < -0.39 is 6.23 Å². The van der Waals surface area contributed by atoms with Gasteiger partial charge in [0.05, 0.1) is 17.3 Å². The van der Waals surface area contributed by atoms with Crippen LogP contribution in [0, 0.1) is 0 Å². The molecule has 0 aromatic heterocycles. The highest BCUT2D eigenvalue weighted by atomic mass is 16.3. The summed E-state index contributed by atoms with van der Waals surface area (Å²) in [5.74, 6) is -0.126. The van der Waals surface area contributed by atoms with Gasteiger partial charge in [0.25, 0.3) is 5.91 Å². The Morgan fingerprint density at radius 1 is 1.41 bits per heavy atom. The molecule has 1 aromatic carbocycles. The van der Waals surface area contributed by atoms with Gasteiger partial charge in [0.2, 0.25) is 0 Å². The number of benzene rings is 1. The molecule has 2 aliphatic rings. The first-order valence-electron chi connectivity index (χ1n) is 5.76. The Bertz CT molecular complexity index is 475. The Morgan fingerprint density at radius 2 is 2.24 bits per heavy atom. The van der Waals surface area contributed by atoms with Crippen LogP contribution in [0.3, 0.4) is 0 Å². The number of rotatable bonds is 0. The maximum Gasteiger partial charge on any atom is 0.256 e. The summed E-state index contributed by atoms with van der Waals surface area (Å²) in [6.45, 7) is 0.664. The Labute approximate surface area is 98.7 Å². The van der Waals surface area contributed by atoms with Gasteiger partial charge >= 0.3 is 0 Å². The minimum atomic E-state index is -0.823. The number of phenols is 1. The molecule has 0 spiro atoms. The number of aliphatic hydroxyl groups is 1. The van der Waals surface area contributed by atoms with Gasteiger partial charge in [0, 0.05) is 6.54 Å². The van der Waals surface area contributed by atoms with Gasteiger partial charge in [-0.05, 0) is 25.0 Å². The molecule has 1 aromatic rings. The molecule has 17 heavy (non-hydrogen) atoms. The monoisotopic (exact) mass is 234 g/mol. The van der Waals surface area contributed by atoms with E-state index in [2.05, 4.69) is 5.32 Å². The second-order valence-corrected chi connectivity index (χ2v) is 4.50. The largest absolute Gasteiger partial charge is 0.506 e. The maximum absolute atomic E-state index is 12.3. The van der Waals surface area contributed by atoms with Crippen LogP contribution in [0.4, 0.5) is 5.69 Å². The van der Waals surface area contributed by atoms with Crippen LogP contribution in [0.1, 0.15) is 23.2 Å². The number of hydrogen-bond acceptors (Lipinski definition) is 4. The summed E-state index contributed by atoms with van der Waals surface area (Å²) in [5.41, 5.74) is 0.757. The normalized spacial score (nSPS) is 27.1. The molecule has 1 saturated heterocycles. The van der Waals surface area contributed by atoms with Crippen LogP contribution in [-0.4, -0.2) is 39.8 Å². The Balaban J connectivity index is 2.12. The van der Waals surface area contributed by atoms with Crippen molar-refractivity contribution in [3.8, 4) is 5.75 Å². The third-order valence-corrected chi connectivity index (χ3v) is 3.49. The number of nitrogens with zero attached hydrogens (tertiary/aromatic N) is 1. The fraction of sp³-hybridized carbons (Fsp3) is 0.417. The summed E-state index contributed by atoms with van der Waals surface area (Å²) in [7, 11) is 0. The number of aromatic hydroxyl groups is 1. The Morgan fingerprint density at radius 3 is 3.06 bits per heavy atom. The highest BCUT2D eigenvalue weighted by Crippen LogP contribution is 2.35. The molecule has 5 heteroatoms. The van der Waals surface area contributed by atoms with E-state index in [1.807, 2.05) is 0 Å². The summed E-state index contributed by atoms with van der Waals surface area (Å²) in [5, 5.41) is 22.6. The predicted octanol–water partition coefficient (Wildman–Crippen LogP) is 0.741. The molecule has 2 aliphatic heterocycles. The summed E-state index contributed by atoms with van der Waals surface area (Å²) in [6.07, 6.45) is 0.869. The van der Waals surface area contributed by atoms with E-state index in [0.29, 0.717) is 17.8 Å². The number of anilines is 1. The van der Waals surface area contributed by atoms with Crippen molar-refractivity contribution in [2.45, 2.75) is 25.1 Å². The molecule has 2 atom stereocenters. The maximum atomic E-state index is 12.3. The standard InChI is InChI=1S/C12H14N2O3/c15-9-5-1-3-7-10(9)13-11(16)8-4-2-6-14(8)12(7)17/h1,3,5,8,11,13,15-16H,2,4,6H2. The van der Waals surface area contributed by atoms with Crippen LogP contribution in [0.15, 0.2) is 18.2 Å². The van der Waals surface area contributed by atoms with E-state index in [1.54, 1.807) is 17.0 Å². The van der Waals surface area contributed by atoms with Gasteiger partial charge in [-0.25, -0.2) is 0 Å². The predicted molar refractivity (Wildman–Crippen MR) is 61.8 cm³/mol. The van der Waals surface area contributed by atoms with Gasteiger partial charge in [-0.1, -0.05) is 6.07 Å². The first-order valence-corrected chi connectivity index (χ1v) is 5.76. The molecule has 2 unspecified atom stereocenters. The number of aliphatic hydroxyl groups excluding tert-OH is 1. The zero-order valence-corrected chi connectivity index (χ0v) is 9.26. The molecule has 0 radical (unpaired) electrons. The molecule has 5 nitrogen and oxygen atoms in total. The molecule has 3 rings (SSSR count). The van der Waals surface area contributed by atoms with Crippen LogP contribution < -0.4 is 5.32 Å². The Kier molecular flexibility index (Phi) is 2.22. The van der Waals surface area contributed by atoms with Crippen LogP contribution >= 0.6 is 0 Å². The van der Waals surface area contributed by atoms with Crippen LogP contribution in [0.25, 0.3) is 0 Å². The summed E-state index contributed by atoms with van der Waals surface area (Å²) in [4.78, 5) is 14.0.